The molecular weight excluding hydrogens is 202 g/mol. The third-order valence-electron chi connectivity index (χ3n) is 3.82. The highest BCUT2D eigenvalue weighted by atomic mass is 16.2. The molecule has 2 aliphatic rings. The van der Waals surface area contributed by atoms with Gasteiger partial charge in [-0.05, 0) is 38.1 Å². The molecule has 0 aromatic carbocycles. The number of carbonyl (C=O) groups is 1. The summed E-state index contributed by atoms with van der Waals surface area (Å²) in [5.41, 5.74) is 5.67. The van der Waals surface area contributed by atoms with Crippen LogP contribution in [-0.2, 0) is 0 Å². The lowest BCUT2D eigenvalue weighted by atomic mass is 9.99. The number of urea groups is 1. The molecule has 2 amide bonds. The smallest absolute Gasteiger partial charge is 0.317 e. The van der Waals surface area contributed by atoms with Gasteiger partial charge in [-0.15, -0.1) is 0 Å². The molecule has 0 aromatic heterocycles. The molecule has 3 N–H and O–H groups in total. The third kappa shape index (κ3) is 2.88. The van der Waals surface area contributed by atoms with Gasteiger partial charge < -0.3 is 16.0 Å². The van der Waals surface area contributed by atoms with Crippen molar-refractivity contribution in [1.82, 2.24) is 10.2 Å². The predicted molar refractivity (Wildman–Crippen MR) is 64.1 cm³/mol. The standard InChI is InChI=1S/C12H23N3O/c13-8-10-4-3-7-15(9-10)12(16)14-11-5-1-2-6-11/h10-11H,1-9,13H2,(H,14,16). The first-order valence-electron chi connectivity index (χ1n) is 6.55. The lowest BCUT2D eigenvalue weighted by Gasteiger charge is -2.33. The molecule has 1 unspecified atom stereocenters. The third-order valence-corrected chi connectivity index (χ3v) is 3.82. The highest BCUT2D eigenvalue weighted by Gasteiger charge is 2.25. The average molecular weight is 225 g/mol. The van der Waals surface area contributed by atoms with Crippen LogP contribution in [0.15, 0.2) is 0 Å². The van der Waals surface area contributed by atoms with Gasteiger partial charge in [0.2, 0.25) is 0 Å². The number of likely N-dealkylation sites (tertiary alicyclic amines) is 1. The van der Waals surface area contributed by atoms with Gasteiger partial charge in [-0.25, -0.2) is 4.79 Å². The van der Waals surface area contributed by atoms with Gasteiger partial charge in [0.1, 0.15) is 0 Å². The van der Waals surface area contributed by atoms with Crippen LogP contribution in [0.5, 0.6) is 0 Å². The summed E-state index contributed by atoms with van der Waals surface area (Å²) >= 11 is 0. The maximum Gasteiger partial charge on any atom is 0.317 e. The molecular formula is C12H23N3O. The fourth-order valence-corrected chi connectivity index (χ4v) is 2.78. The number of nitrogens with two attached hydrogens (primary N) is 1. The maximum atomic E-state index is 12.0. The van der Waals surface area contributed by atoms with Crippen LogP contribution in [0.25, 0.3) is 0 Å². The van der Waals surface area contributed by atoms with E-state index in [4.69, 9.17) is 5.73 Å². The Hall–Kier alpha value is -0.770. The minimum atomic E-state index is 0.130. The molecule has 1 aliphatic carbocycles. The average Bonchev–Trinajstić information content (AvgIpc) is 2.82. The summed E-state index contributed by atoms with van der Waals surface area (Å²) in [6.07, 6.45) is 7.09. The van der Waals surface area contributed by atoms with E-state index in [1.807, 2.05) is 4.90 Å². The Balaban J connectivity index is 1.79. The number of hydrogen-bond donors (Lipinski definition) is 2. The van der Waals surface area contributed by atoms with Gasteiger partial charge in [-0.3, -0.25) is 0 Å². The monoisotopic (exact) mass is 225 g/mol. The molecule has 1 saturated carbocycles. The van der Waals surface area contributed by atoms with Crippen molar-refractivity contribution in [2.24, 2.45) is 11.7 Å². The Morgan fingerprint density at radius 3 is 2.69 bits per heavy atom. The topological polar surface area (TPSA) is 58.4 Å². The molecule has 16 heavy (non-hydrogen) atoms. The van der Waals surface area contributed by atoms with E-state index >= 15 is 0 Å². The Morgan fingerprint density at radius 1 is 1.25 bits per heavy atom. The van der Waals surface area contributed by atoms with E-state index in [1.165, 1.54) is 19.3 Å². The van der Waals surface area contributed by atoms with E-state index < -0.39 is 0 Å². The van der Waals surface area contributed by atoms with Crippen molar-refractivity contribution < 1.29 is 4.79 Å². The molecule has 1 saturated heterocycles. The summed E-state index contributed by atoms with van der Waals surface area (Å²) < 4.78 is 0. The fraction of sp³-hybridized carbons (Fsp3) is 0.917. The molecule has 92 valence electrons. The van der Waals surface area contributed by atoms with Gasteiger partial charge in [0.25, 0.3) is 0 Å². The number of rotatable bonds is 2. The lowest BCUT2D eigenvalue weighted by Crippen LogP contribution is -2.49. The van der Waals surface area contributed by atoms with E-state index in [2.05, 4.69) is 5.32 Å². The van der Waals surface area contributed by atoms with Crippen molar-refractivity contribution in [3.05, 3.63) is 0 Å². The van der Waals surface area contributed by atoms with E-state index in [1.54, 1.807) is 0 Å². The summed E-state index contributed by atoms with van der Waals surface area (Å²) in [6, 6.07) is 0.552. The second kappa shape index (κ2) is 5.53. The minimum Gasteiger partial charge on any atom is -0.335 e. The van der Waals surface area contributed by atoms with Crippen LogP contribution in [0.2, 0.25) is 0 Å². The molecule has 1 aliphatic heterocycles. The Kier molecular flexibility index (Phi) is 4.04. The van der Waals surface area contributed by atoms with Gasteiger partial charge in [-0.1, -0.05) is 12.8 Å². The molecule has 0 radical (unpaired) electrons. The predicted octanol–water partition coefficient (Wildman–Crippen LogP) is 1.31. The second-order valence-electron chi connectivity index (χ2n) is 5.12. The first-order valence-corrected chi connectivity index (χ1v) is 6.55. The van der Waals surface area contributed by atoms with Gasteiger partial charge in [0.15, 0.2) is 0 Å². The highest BCUT2D eigenvalue weighted by Crippen LogP contribution is 2.19. The zero-order valence-corrected chi connectivity index (χ0v) is 9.95. The number of nitrogens with zero attached hydrogens (tertiary/aromatic N) is 1. The number of hydrogen-bond acceptors (Lipinski definition) is 2. The van der Waals surface area contributed by atoms with E-state index in [0.29, 0.717) is 18.5 Å². The molecule has 1 atom stereocenters. The number of amides is 2. The Bertz CT molecular complexity index is 238. The van der Waals surface area contributed by atoms with Gasteiger partial charge in [0, 0.05) is 19.1 Å². The van der Waals surface area contributed by atoms with E-state index in [-0.39, 0.29) is 6.03 Å². The summed E-state index contributed by atoms with van der Waals surface area (Å²) in [5, 5.41) is 3.14. The zero-order chi connectivity index (χ0) is 11.4. The molecule has 0 spiro atoms. The summed E-state index contributed by atoms with van der Waals surface area (Å²) in [7, 11) is 0. The van der Waals surface area contributed by atoms with Crippen LogP contribution in [-0.4, -0.2) is 36.6 Å². The number of nitrogens with one attached hydrogen (secondary N) is 1. The van der Waals surface area contributed by atoms with Crippen molar-refractivity contribution in [2.45, 2.75) is 44.6 Å². The van der Waals surface area contributed by atoms with Gasteiger partial charge in [-0.2, -0.15) is 0 Å². The van der Waals surface area contributed by atoms with Crippen molar-refractivity contribution in [3.63, 3.8) is 0 Å². The fourth-order valence-electron chi connectivity index (χ4n) is 2.78. The normalized spacial score (nSPS) is 27.1. The summed E-state index contributed by atoms with van der Waals surface area (Å²) in [6.45, 7) is 2.44. The summed E-state index contributed by atoms with van der Waals surface area (Å²) in [5.74, 6) is 0.503. The second-order valence-corrected chi connectivity index (χ2v) is 5.12. The molecule has 4 nitrogen and oxygen atoms in total. The molecule has 0 aromatic rings. The summed E-state index contributed by atoms with van der Waals surface area (Å²) in [4.78, 5) is 13.9. The van der Waals surface area contributed by atoms with Crippen molar-refractivity contribution in [1.29, 1.82) is 0 Å². The lowest BCUT2D eigenvalue weighted by molar-refractivity contribution is 0.164. The molecule has 1 heterocycles. The first kappa shape index (κ1) is 11.7. The quantitative estimate of drug-likeness (QED) is 0.744. The SMILES string of the molecule is NCC1CCCN(C(=O)NC2CCCC2)C1. The molecule has 2 rings (SSSR count). The Morgan fingerprint density at radius 2 is 2.00 bits per heavy atom. The molecule has 2 fully saturated rings. The van der Waals surface area contributed by atoms with Crippen LogP contribution >= 0.6 is 0 Å². The maximum absolute atomic E-state index is 12.0. The van der Waals surface area contributed by atoms with Crippen LogP contribution in [0, 0.1) is 5.92 Å². The van der Waals surface area contributed by atoms with Crippen molar-refractivity contribution in [2.75, 3.05) is 19.6 Å². The van der Waals surface area contributed by atoms with E-state index in [9.17, 15) is 4.79 Å². The number of carbonyl (C=O) groups excluding carboxylic acids is 1. The molecule has 0 bridgehead atoms. The van der Waals surface area contributed by atoms with Crippen molar-refractivity contribution in [3.8, 4) is 0 Å². The van der Waals surface area contributed by atoms with Gasteiger partial charge in [0.05, 0.1) is 0 Å². The largest absolute Gasteiger partial charge is 0.335 e. The van der Waals surface area contributed by atoms with Crippen molar-refractivity contribution >= 4 is 6.03 Å². The van der Waals surface area contributed by atoms with E-state index in [0.717, 1.165) is 32.4 Å². The first-order chi connectivity index (χ1) is 7.79. The van der Waals surface area contributed by atoms with Crippen LogP contribution in [0.3, 0.4) is 0 Å². The Labute approximate surface area is 97.6 Å². The van der Waals surface area contributed by atoms with Crippen LogP contribution in [0.4, 0.5) is 4.79 Å². The van der Waals surface area contributed by atoms with Gasteiger partial charge >= 0.3 is 6.03 Å². The highest BCUT2D eigenvalue weighted by molar-refractivity contribution is 5.74. The zero-order valence-electron chi connectivity index (χ0n) is 9.95. The molecule has 4 heteroatoms. The number of piperidine rings is 1. The van der Waals surface area contributed by atoms with Crippen LogP contribution < -0.4 is 11.1 Å². The minimum absolute atomic E-state index is 0.130. The van der Waals surface area contributed by atoms with Crippen LogP contribution in [0.1, 0.15) is 38.5 Å².